The molecule has 0 fully saturated rings. The van der Waals surface area contributed by atoms with Crippen LogP contribution in [0.2, 0.25) is 0 Å². The number of hydrogen-bond acceptors (Lipinski definition) is 4. The zero-order valence-electron chi connectivity index (χ0n) is 16.3. The molecular weight excluding hydrogens is 380 g/mol. The predicted octanol–water partition coefficient (Wildman–Crippen LogP) is 3.01. The predicted molar refractivity (Wildman–Crippen MR) is 112 cm³/mol. The average molecular weight is 400 g/mol. The van der Waals surface area contributed by atoms with E-state index in [1.54, 1.807) is 18.2 Å². The fraction of sp³-hybridized carbons (Fsp3) is 0.125. The second kappa shape index (κ2) is 7.83. The number of nitrogens with two attached hydrogens (primary N) is 1. The van der Waals surface area contributed by atoms with Crippen LogP contribution in [0.25, 0.3) is 11.1 Å². The molecule has 30 heavy (non-hydrogen) atoms. The molecule has 2 amide bonds. The number of nitrogens with one attached hydrogen (secondary N) is 1. The number of ether oxygens (including phenoxy) is 1. The van der Waals surface area contributed by atoms with Gasteiger partial charge in [-0.15, -0.1) is 0 Å². The van der Waals surface area contributed by atoms with E-state index in [-0.39, 0.29) is 11.3 Å². The van der Waals surface area contributed by atoms with Crippen molar-refractivity contribution < 1.29 is 19.1 Å². The van der Waals surface area contributed by atoms with Gasteiger partial charge in [0.2, 0.25) is 5.91 Å². The molecule has 1 aliphatic carbocycles. The molecule has 0 bridgehead atoms. The van der Waals surface area contributed by atoms with Crippen molar-refractivity contribution in [3.8, 4) is 16.9 Å². The SMILES string of the molecule is CC(=O)Oc1cccc(C(=O)N[C@H](C(N)=O)C2c3ccccc3-c3ccccc32)c1. The molecule has 0 heterocycles. The molecule has 0 radical (unpaired) electrons. The monoisotopic (exact) mass is 400 g/mol. The van der Waals surface area contributed by atoms with Gasteiger partial charge in [-0.3, -0.25) is 14.4 Å². The molecule has 3 aromatic rings. The van der Waals surface area contributed by atoms with E-state index in [1.807, 2.05) is 48.5 Å². The summed E-state index contributed by atoms with van der Waals surface area (Å²) in [5.74, 6) is -1.73. The van der Waals surface area contributed by atoms with Crippen LogP contribution in [0, 0.1) is 0 Å². The third-order valence-corrected chi connectivity index (χ3v) is 5.17. The summed E-state index contributed by atoms with van der Waals surface area (Å²) in [6.45, 7) is 1.28. The van der Waals surface area contributed by atoms with Gasteiger partial charge < -0.3 is 15.8 Å². The number of benzene rings is 3. The number of esters is 1. The number of carbonyl (C=O) groups is 3. The molecule has 6 nitrogen and oxygen atoms in total. The maximum atomic E-state index is 12.9. The number of primary amides is 1. The van der Waals surface area contributed by atoms with Crippen molar-refractivity contribution in [3.05, 3.63) is 89.5 Å². The van der Waals surface area contributed by atoms with Crippen LogP contribution in [0.15, 0.2) is 72.8 Å². The topological polar surface area (TPSA) is 98.5 Å². The summed E-state index contributed by atoms with van der Waals surface area (Å²) in [5.41, 5.74) is 9.92. The van der Waals surface area contributed by atoms with Crippen LogP contribution in [-0.4, -0.2) is 23.8 Å². The first-order valence-corrected chi connectivity index (χ1v) is 9.52. The van der Waals surface area contributed by atoms with Gasteiger partial charge in [0.15, 0.2) is 0 Å². The lowest BCUT2D eigenvalue weighted by Crippen LogP contribution is -2.48. The Bertz CT molecular complexity index is 1110. The summed E-state index contributed by atoms with van der Waals surface area (Å²) in [4.78, 5) is 36.5. The summed E-state index contributed by atoms with van der Waals surface area (Å²) in [5, 5.41) is 2.78. The van der Waals surface area contributed by atoms with Crippen molar-refractivity contribution in [2.45, 2.75) is 18.9 Å². The Morgan fingerprint density at radius 3 is 2.07 bits per heavy atom. The highest BCUT2D eigenvalue weighted by Gasteiger charge is 2.38. The number of rotatable bonds is 5. The Balaban J connectivity index is 1.68. The Hall–Kier alpha value is -3.93. The van der Waals surface area contributed by atoms with Crippen molar-refractivity contribution in [1.82, 2.24) is 5.32 Å². The van der Waals surface area contributed by atoms with Gasteiger partial charge in [-0.1, -0.05) is 54.6 Å². The molecule has 3 N–H and O–H groups in total. The largest absolute Gasteiger partial charge is 0.427 e. The second-order valence-corrected chi connectivity index (χ2v) is 7.13. The van der Waals surface area contributed by atoms with E-state index >= 15 is 0 Å². The minimum atomic E-state index is -0.945. The number of hydrogen-bond donors (Lipinski definition) is 2. The zero-order chi connectivity index (χ0) is 21.3. The Kier molecular flexibility index (Phi) is 5.06. The van der Waals surface area contributed by atoms with E-state index in [9.17, 15) is 14.4 Å². The molecule has 0 saturated heterocycles. The Labute approximate surface area is 173 Å². The lowest BCUT2D eigenvalue weighted by atomic mass is 9.88. The molecule has 1 atom stereocenters. The van der Waals surface area contributed by atoms with Gasteiger partial charge >= 0.3 is 5.97 Å². The second-order valence-electron chi connectivity index (χ2n) is 7.13. The van der Waals surface area contributed by atoms with Crippen molar-refractivity contribution in [2.24, 2.45) is 5.73 Å². The van der Waals surface area contributed by atoms with Crippen molar-refractivity contribution >= 4 is 17.8 Å². The van der Waals surface area contributed by atoms with Crippen molar-refractivity contribution in [1.29, 1.82) is 0 Å². The van der Waals surface area contributed by atoms with Gasteiger partial charge in [-0.05, 0) is 40.5 Å². The number of carbonyl (C=O) groups excluding carboxylic acids is 3. The van der Waals surface area contributed by atoms with E-state index in [0.29, 0.717) is 0 Å². The quantitative estimate of drug-likeness (QED) is 0.508. The van der Waals surface area contributed by atoms with Crippen LogP contribution >= 0.6 is 0 Å². The van der Waals surface area contributed by atoms with Crippen LogP contribution in [0.3, 0.4) is 0 Å². The van der Waals surface area contributed by atoms with Crippen LogP contribution < -0.4 is 15.8 Å². The summed E-state index contributed by atoms with van der Waals surface area (Å²) in [6.07, 6.45) is 0. The van der Waals surface area contributed by atoms with Gasteiger partial charge in [-0.25, -0.2) is 0 Å². The first kappa shape index (κ1) is 19.4. The van der Waals surface area contributed by atoms with E-state index in [4.69, 9.17) is 10.5 Å². The fourth-order valence-electron chi connectivity index (χ4n) is 3.96. The standard InChI is InChI=1S/C24H20N2O4/c1-14(27)30-16-8-6-7-15(13-16)24(29)26-22(23(25)28)21-19-11-4-2-9-17(19)18-10-3-5-12-20(18)21/h2-13,21-22H,1H3,(H2,25,28)(H,26,29)/t22-/m0/s1. The number of fused-ring (bicyclic) bond motifs is 3. The van der Waals surface area contributed by atoms with E-state index in [1.165, 1.54) is 13.0 Å². The molecule has 0 unspecified atom stereocenters. The van der Waals surface area contributed by atoms with Crippen LogP contribution in [0.4, 0.5) is 0 Å². The molecule has 0 aromatic heterocycles. The normalized spacial score (nSPS) is 13.1. The molecule has 0 spiro atoms. The molecular formula is C24H20N2O4. The highest BCUT2D eigenvalue weighted by atomic mass is 16.5. The highest BCUT2D eigenvalue weighted by molar-refractivity contribution is 5.99. The molecule has 3 aromatic carbocycles. The van der Waals surface area contributed by atoms with Crippen molar-refractivity contribution in [3.63, 3.8) is 0 Å². The smallest absolute Gasteiger partial charge is 0.308 e. The summed E-state index contributed by atoms with van der Waals surface area (Å²) in [7, 11) is 0. The van der Waals surface area contributed by atoms with Gasteiger partial charge in [0.05, 0.1) is 0 Å². The minimum Gasteiger partial charge on any atom is -0.427 e. The van der Waals surface area contributed by atoms with Crippen LogP contribution in [0.1, 0.15) is 34.3 Å². The summed E-state index contributed by atoms with van der Waals surface area (Å²) >= 11 is 0. The molecule has 6 heteroatoms. The van der Waals surface area contributed by atoms with E-state index in [0.717, 1.165) is 22.3 Å². The Morgan fingerprint density at radius 1 is 0.900 bits per heavy atom. The molecule has 4 rings (SSSR count). The molecule has 0 saturated carbocycles. The number of amides is 2. The van der Waals surface area contributed by atoms with E-state index < -0.39 is 29.7 Å². The summed E-state index contributed by atoms with van der Waals surface area (Å²) in [6, 6.07) is 20.8. The van der Waals surface area contributed by atoms with Gasteiger partial charge in [0, 0.05) is 18.4 Å². The highest BCUT2D eigenvalue weighted by Crippen LogP contribution is 2.46. The molecule has 0 aliphatic heterocycles. The van der Waals surface area contributed by atoms with E-state index in [2.05, 4.69) is 5.32 Å². The van der Waals surface area contributed by atoms with Crippen molar-refractivity contribution in [2.75, 3.05) is 0 Å². The lowest BCUT2D eigenvalue weighted by molar-refractivity contribution is -0.131. The molecule has 150 valence electrons. The lowest BCUT2D eigenvalue weighted by Gasteiger charge is -2.24. The molecule has 1 aliphatic rings. The van der Waals surface area contributed by atoms with Crippen LogP contribution in [-0.2, 0) is 9.59 Å². The third kappa shape index (κ3) is 3.55. The van der Waals surface area contributed by atoms with Gasteiger partial charge in [-0.2, -0.15) is 0 Å². The first-order chi connectivity index (χ1) is 14.5. The third-order valence-electron chi connectivity index (χ3n) is 5.17. The van der Waals surface area contributed by atoms with Gasteiger partial charge in [0.1, 0.15) is 11.8 Å². The Morgan fingerprint density at radius 2 is 1.50 bits per heavy atom. The fourth-order valence-corrected chi connectivity index (χ4v) is 3.96. The van der Waals surface area contributed by atoms with Gasteiger partial charge in [0.25, 0.3) is 5.91 Å². The zero-order valence-corrected chi connectivity index (χ0v) is 16.3. The maximum absolute atomic E-state index is 12.9. The average Bonchev–Trinajstić information content (AvgIpc) is 3.06. The maximum Gasteiger partial charge on any atom is 0.308 e. The first-order valence-electron chi connectivity index (χ1n) is 9.52. The van der Waals surface area contributed by atoms with Crippen LogP contribution in [0.5, 0.6) is 5.75 Å². The summed E-state index contributed by atoms with van der Waals surface area (Å²) < 4.78 is 5.04. The minimum absolute atomic E-state index is 0.252.